The Labute approximate surface area is 143 Å². The minimum Gasteiger partial charge on any atom is -0.294 e. The molecule has 5 heteroatoms. The van der Waals surface area contributed by atoms with Crippen LogP contribution in [0.15, 0.2) is 48.5 Å². The molecule has 1 saturated carbocycles. The fraction of sp³-hybridized carbons (Fsp3) is 0.316. The first-order valence-electron chi connectivity index (χ1n) is 7.82. The lowest BCUT2D eigenvalue weighted by Crippen LogP contribution is -2.28. The van der Waals surface area contributed by atoms with E-state index in [0.717, 1.165) is 12.5 Å². The van der Waals surface area contributed by atoms with Crippen LogP contribution in [0.3, 0.4) is 0 Å². The summed E-state index contributed by atoms with van der Waals surface area (Å²) in [6.45, 7) is 0. The third-order valence-electron chi connectivity index (χ3n) is 4.71. The Morgan fingerprint density at radius 3 is 2.33 bits per heavy atom. The first-order valence-corrected chi connectivity index (χ1v) is 8.19. The number of halogens is 4. The van der Waals surface area contributed by atoms with E-state index in [1.165, 1.54) is 12.1 Å². The second-order valence-corrected chi connectivity index (χ2v) is 6.54. The first-order chi connectivity index (χ1) is 11.4. The third kappa shape index (κ3) is 3.34. The Kier molecular flexibility index (Phi) is 4.68. The molecule has 2 atom stereocenters. The monoisotopic (exact) mass is 352 g/mol. The van der Waals surface area contributed by atoms with Crippen molar-refractivity contribution in [1.29, 1.82) is 0 Å². The summed E-state index contributed by atoms with van der Waals surface area (Å²) in [5.41, 5.74) is 0.145. The molecule has 0 N–H and O–H groups in total. The van der Waals surface area contributed by atoms with Gasteiger partial charge in [-0.2, -0.15) is 13.2 Å². The zero-order valence-corrected chi connectivity index (χ0v) is 13.6. The van der Waals surface area contributed by atoms with Crippen molar-refractivity contribution in [2.75, 3.05) is 0 Å². The van der Waals surface area contributed by atoms with E-state index in [9.17, 15) is 18.0 Å². The topological polar surface area (TPSA) is 17.1 Å². The number of rotatable bonds is 4. The van der Waals surface area contributed by atoms with Gasteiger partial charge in [-0.1, -0.05) is 41.9 Å². The second kappa shape index (κ2) is 6.60. The molecule has 0 spiro atoms. The molecule has 0 radical (unpaired) electrons. The molecule has 1 aliphatic rings. The van der Waals surface area contributed by atoms with E-state index in [1.54, 1.807) is 30.3 Å². The van der Waals surface area contributed by atoms with E-state index in [4.69, 9.17) is 11.6 Å². The van der Waals surface area contributed by atoms with Gasteiger partial charge in [-0.15, -0.1) is 0 Å². The molecule has 1 aliphatic carbocycles. The van der Waals surface area contributed by atoms with Crippen LogP contribution in [-0.4, -0.2) is 5.78 Å². The van der Waals surface area contributed by atoms with Crippen LogP contribution in [0.5, 0.6) is 0 Å². The van der Waals surface area contributed by atoms with Crippen LogP contribution in [0.4, 0.5) is 13.2 Å². The highest BCUT2D eigenvalue weighted by Crippen LogP contribution is 2.48. The predicted molar refractivity (Wildman–Crippen MR) is 87.3 cm³/mol. The van der Waals surface area contributed by atoms with Gasteiger partial charge < -0.3 is 0 Å². The molecule has 24 heavy (non-hydrogen) atoms. The lowest BCUT2D eigenvalue weighted by molar-refractivity contribution is -0.138. The molecular formula is C19H16ClF3O. The lowest BCUT2D eigenvalue weighted by atomic mass is 9.66. The molecule has 2 aromatic rings. The summed E-state index contributed by atoms with van der Waals surface area (Å²) in [6, 6.07) is 12.4. The Hall–Kier alpha value is -1.81. The van der Waals surface area contributed by atoms with Gasteiger partial charge in [0.05, 0.1) is 10.6 Å². The van der Waals surface area contributed by atoms with Crippen molar-refractivity contribution in [2.24, 2.45) is 5.92 Å². The van der Waals surface area contributed by atoms with Gasteiger partial charge in [0.1, 0.15) is 0 Å². The number of alkyl halides is 3. The average Bonchev–Trinajstić information content (AvgIpc) is 2.51. The highest BCUT2D eigenvalue weighted by atomic mass is 35.5. The summed E-state index contributed by atoms with van der Waals surface area (Å²) in [6.07, 6.45) is -2.72. The Bertz CT molecular complexity index is 754. The van der Waals surface area contributed by atoms with Gasteiger partial charge >= 0.3 is 6.18 Å². The van der Waals surface area contributed by atoms with E-state index < -0.39 is 11.7 Å². The van der Waals surface area contributed by atoms with Crippen LogP contribution in [-0.2, 0) is 6.18 Å². The molecule has 0 bridgehead atoms. The summed E-state index contributed by atoms with van der Waals surface area (Å²) < 4.78 is 39.6. The van der Waals surface area contributed by atoms with Gasteiger partial charge in [-0.3, -0.25) is 4.79 Å². The van der Waals surface area contributed by atoms with Crippen molar-refractivity contribution in [3.63, 3.8) is 0 Å². The van der Waals surface area contributed by atoms with Gasteiger partial charge in [0.15, 0.2) is 5.78 Å². The molecule has 126 valence electrons. The summed E-state index contributed by atoms with van der Waals surface area (Å²) in [4.78, 5) is 12.4. The molecule has 1 nitrogen and oxygen atoms in total. The minimum atomic E-state index is -4.37. The Morgan fingerprint density at radius 2 is 1.71 bits per heavy atom. The van der Waals surface area contributed by atoms with Gasteiger partial charge in [-0.05, 0) is 48.4 Å². The fourth-order valence-electron chi connectivity index (χ4n) is 3.34. The van der Waals surface area contributed by atoms with E-state index in [0.29, 0.717) is 22.6 Å². The maximum Gasteiger partial charge on any atom is 0.416 e. The number of carbonyl (C=O) groups excluding carboxylic acids is 1. The van der Waals surface area contributed by atoms with Crippen LogP contribution in [0, 0.1) is 5.92 Å². The average molecular weight is 353 g/mol. The van der Waals surface area contributed by atoms with Gasteiger partial charge in [0, 0.05) is 12.0 Å². The lowest BCUT2D eigenvalue weighted by Gasteiger charge is -2.38. The van der Waals surface area contributed by atoms with Crippen LogP contribution in [0.25, 0.3) is 0 Å². The molecule has 0 heterocycles. The maximum absolute atomic E-state index is 13.2. The highest BCUT2D eigenvalue weighted by molar-refractivity contribution is 6.33. The Morgan fingerprint density at radius 1 is 1.04 bits per heavy atom. The number of carbonyl (C=O) groups is 1. The van der Waals surface area contributed by atoms with E-state index >= 15 is 0 Å². The molecule has 3 rings (SSSR count). The predicted octanol–water partition coefficient (Wildman–Crippen LogP) is 6.13. The maximum atomic E-state index is 13.2. The van der Waals surface area contributed by atoms with Gasteiger partial charge in [0.2, 0.25) is 0 Å². The summed E-state index contributed by atoms with van der Waals surface area (Å²) >= 11 is 6.03. The fourth-order valence-corrected chi connectivity index (χ4v) is 3.58. The quantitative estimate of drug-likeness (QED) is 0.605. The van der Waals surface area contributed by atoms with Crippen LogP contribution < -0.4 is 0 Å². The van der Waals surface area contributed by atoms with Crippen molar-refractivity contribution in [3.05, 3.63) is 70.2 Å². The minimum absolute atomic E-state index is 0.0720. The molecule has 0 aromatic heterocycles. The van der Waals surface area contributed by atoms with Crippen LogP contribution >= 0.6 is 11.6 Å². The van der Waals surface area contributed by atoms with Gasteiger partial charge in [0.25, 0.3) is 0 Å². The summed E-state index contributed by atoms with van der Waals surface area (Å²) in [7, 11) is 0. The van der Waals surface area contributed by atoms with Gasteiger partial charge in [-0.25, -0.2) is 0 Å². The van der Waals surface area contributed by atoms with Crippen molar-refractivity contribution in [2.45, 2.75) is 31.4 Å². The van der Waals surface area contributed by atoms with Crippen LogP contribution in [0.2, 0.25) is 5.02 Å². The van der Waals surface area contributed by atoms with Crippen molar-refractivity contribution in [1.82, 2.24) is 0 Å². The number of benzene rings is 2. The summed E-state index contributed by atoms with van der Waals surface area (Å²) in [5, 5.41) is 0.383. The zero-order chi connectivity index (χ0) is 17.3. The molecular weight excluding hydrogens is 337 g/mol. The second-order valence-electron chi connectivity index (χ2n) is 6.14. The molecule has 2 aromatic carbocycles. The van der Waals surface area contributed by atoms with Crippen molar-refractivity contribution < 1.29 is 18.0 Å². The first kappa shape index (κ1) is 17.0. The largest absolute Gasteiger partial charge is 0.416 e. The van der Waals surface area contributed by atoms with E-state index in [-0.39, 0.29) is 24.0 Å². The van der Waals surface area contributed by atoms with Crippen molar-refractivity contribution >= 4 is 17.4 Å². The number of hydrogen-bond acceptors (Lipinski definition) is 1. The highest BCUT2D eigenvalue weighted by Gasteiger charge is 2.40. The number of Topliss-reactive ketones (excluding diaryl/α,β-unsaturated/α-hetero) is 1. The molecule has 0 aliphatic heterocycles. The van der Waals surface area contributed by atoms with Crippen molar-refractivity contribution in [3.8, 4) is 0 Å². The normalized spacial score (nSPS) is 20.5. The molecule has 0 unspecified atom stereocenters. The molecule has 1 fully saturated rings. The van der Waals surface area contributed by atoms with E-state index in [1.807, 2.05) is 0 Å². The molecule has 0 saturated heterocycles. The summed E-state index contributed by atoms with van der Waals surface area (Å²) in [5.74, 6) is -0.411. The SMILES string of the molecule is O=C(C[C@@H]1CC[C@H]1c1ccccc1C(F)(F)F)c1ccccc1Cl. The number of hydrogen-bond donors (Lipinski definition) is 0. The Balaban J connectivity index is 1.79. The number of ketones is 1. The van der Waals surface area contributed by atoms with Crippen LogP contribution in [0.1, 0.15) is 46.7 Å². The molecule has 0 amide bonds. The smallest absolute Gasteiger partial charge is 0.294 e. The van der Waals surface area contributed by atoms with E-state index in [2.05, 4.69) is 0 Å². The zero-order valence-electron chi connectivity index (χ0n) is 12.8. The standard InChI is InChI=1S/C19H16ClF3O/c20-17-8-4-2-6-15(17)18(24)11-12-9-10-13(12)14-5-1-3-7-16(14)19(21,22)23/h1-8,12-13H,9-11H2/t12-,13+/m0/s1. The third-order valence-corrected chi connectivity index (χ3v) is 5.03.